The quantitative estimate of drug-likeness (QED) is 0.0265. The van der Waals surface area contributed by atoms with Gasteiger partial charge in [0.2, 0.25) is 59.1 Å². The van der Waals surface area contributed by atoms with Crippen LogP contribution in [0.4, 0.5) is 0 Å². The summed E-state index contributed by atoms with van der Waals surface area (Å²) in [4.78, 5) is 138. The number of aromatic hydroxyl groups is 2. The summed E-state index contributed by atoms with van der Waals surface area (Å²) in [6, 6.07) is 21.2. The fraction of sp³-hybridized carbons (Fsp3) is 0.424. The lowest BCUT2D eigenvalue weighted by atomic mass is 10.0. The van der Waals surface area contributed by atoms with E-state index in [0.717, 1.165) is 0 Å². The maximum absolute atomic E-state index is 14.4. The molecule has 0 saturated heterocycles. The lowest BCUT2D eigenvalue weighted by molar-refractivity contribution is -0.142. The highest BCUT2D eigenvalue weighted by atomic mass is 32.2. The van der Waals surface area contributed by atoms with Crippen LogP contribution in [0.5, 0.6) is 11.5 Å². The third-order valence-corrected chi connectivity index (χ3v) is 14.9. The van der Waals surface area contributed by atoms with E-state index in [9.17, 15) is 58.2 Å². The van der Waals surface area contributed by atoms with Crippen LogP contribution in [-0.4, -0.2) is 185 Å². The van der Waals surface area contributed by atoms with Crippen molar-refractivity contribution in [2.24, 2.45) is 11.5 Å². The normalized spacial score (nSPS) is 13.7. The first kappa shape index (κ1) is 69.3. The Morgan fingerprint density at radius 1 is 0.447 bits per heavy atom. The highest BCUT2D eigenvalue weighted by molar-refractivity contribution is 7.98. The number of hydrogen-bond acceptors (Lipinski definition) is 16. The molecule has 0 fully saturated rings. The highest BCUT2D eigenvalue weighted by Crippen LogP contribution is 2.16. The van der Waals surface area contributed by atoms with E-state index in [4.69, 9.17) is 11.5 Å². The summed E-state index contributed by atoms with van der Waals surface area (Å²) >= 11 is 2.86. The van der Waals surface area contributed by atoms with Crippen molar-refractivity contribution in [2.75, 3.05) is 57.9 Å². The van der Waals surface area contributed by atoms with Crippen LogP contribution in [-0.2, 0) is 73.6 Å². The van der Waals surface area contributed by atoms with Crippen molar-refractivity contribution >= 4 is 82.6 Å². The second-order valence-electron chi connectivity index (χ2n) is 20.2. The standard InChI is InChI=1S/C59H80N12O12S2/c1-36(66-54(78)44(60)29-40-17-21-42(72)22-18-40)52(76)62-33-50(74)68-46(31-38-13-9-7-10-14-38)58(82)70(3)48(25-27-84-5)56(80)64-35-65-57(81)49(26-28-85-6)71(4)59(83)47(32-39-15-11-8-12-16-39)69-51(75)34-63-53(77)37(2)67-55(79)45(61)30-41-19-23-43(73)24-20-41/h7-24,36-37,44-49,72-73H,25-35,60-61H2,1-6H3,(H,62,76)(H,63,77)(H,64,80)(H,65,81)(H,66,78)(H,67,79)(H,68,74)(H,69,75)/t36-,37-,44+,45+,46+,47+,48+,49+/m1/s1. The van der Waals surface area contributed by atoms with Gasteiger partial charge < -0.3 is 74.0 Å². The van der Waals surface area contributed by atoms with E-state index in [-0.39, 0.29) is 50.0 Å². The van der Waals surface area contributed by atoms with Crippen molar-refractivity contribution in [1.82, 2.24) is 52.3 Å². The van der Waals surface area contributed by atoms with Crippen LogP contribution in [0.25, 0.3) is 0 Å². The first-order chi connectivity index (χ1) is 40.5. The number of nitrogens with one attached hydrogen (secondary N) is 8. The summed E-state index contributed by atoms with van der Waals surface area (Å²) in [6.07, 6.45) is 4.30. The van der Waals surface area contributed by atoms with E-state index in [1.807, 2.05) is 12.5 Å². The molecule has 460 valence electrons. The molecule has 0 aromatic heterocycles. The predicted molar refractivity (Wildman–Crippen MR) is 325 cm³/mol. The molecule has 14 N–H and O–H groups in total. The average molecular weight is 1210 g/mol. The van der Waals surface area contributed by atoms with Crippen LogP contribution >= 0.6 is 23.5 Å². The van der Waals surface area contributed by atoms with Crippen molar-refractivity contribution < 1.29 is 58.2 Å². The number of rotatable bonds is 34. The van der Waals surface area contributed by atoms with Gasteiger partial charge in [-0.05, 0) is 110 Å². The van der Waals surface area contributed by atoms with Gasteiger partial charge in [0, 0.05) is 26.9 Å². The van der Waals surface area contributed by atoms with Crippen LogP contribution in [0.1, 0.15) is 48.9 Å². The Morgan fingerprint density at radius 2 is 0.776 bits per heavy atom. The first-order valence-corrected chi connectivity index (χ1v) is 30.3. The molecule has 0 saturated carbocycles. The van der Waals surface area contributed by atoms with Crippen molar-refractivity contribution in [1.29, 1.82) is 0 Å². The van der Waals surface area contributed by atoms with Gasteiger partial charge in [-0.1, -0.05) is 84.9 Å². The largest absolute Gasteiger partial charge is 0.508 e. The second kappa shape index (κ2) is 35.8. The molecule has 24 nitrogen and oxygen atoms in total. The molecule has 10 amide bonds. The van der Waals surface area contributed by atoms with E-state index in [2.05, 4.69) is 42.5 Å². The van der Waals surface area contributed by atoms with E-state index in [1.54, 1.807) is 84.9 Å². The highest BCUT2D eigenvalue weighted by Gasteiger charge is 2.35. The Hall–Kier alpha value is -8.20. The lowest BCUT2D eigenvalue weighted by Gasteiger charge is -2.32. The molecule has 4 aromatic carbocycles. The van der Waals surface area contributed by atoms with E-state index in [0.29, 0.717) is 33.8 Å². The Kier molecular flexibility index (Phi) is 29.2. The number of phenolic OH excluding ortho intramolecular Hbond substituents is 2. The fourth-order valence-electron chi connectivity index (χ4n) is 8.67. The number of benzene rings is 4. The van der Waals surface area contributed by atoms with Crippen LogP contribution in [0, 0.1) is 0 Å². The molecule has 0 aliphatic heterocycles. The van der Waals surface area contributed by atoms with Gasteiger partial charge in [-0.3, -0.25) is 47.9 Å². The summed E-state index contributed by atoms with van der Waals surface area (Å²) in [5.41, 5.74) is 14.9. The van der Waals surface area contributed by atoms with Gasteiger partial charge in [0.05, 0.1) is 31.8 Å². The van der Waals surface area contributed by atoms with Gasteiger partial charge in [-0.2, -0.15) is 23.5 Å². The summed E-state index contributed by atoms with van der Waals surface area (Å²) in [7, 11) is 2.85. The molecule has 0 radical (unpaired) electrons. The molecule has 8 atom stereocenters. The van der Waals surface area contributed by atoms with Crippen molar-refractivity contribution in [3.63, 3.8) is 0 Å². The molecule has 0 spiro atoms. The van der Waals surface area contributed by atoms with Crippen LogP contribution < -0.4 is 54.0 Å². The minimum atomic E-state index is -1.21. The first-order valence-electron chi connectivity index (χ1n) is 27.5. The Bertz CT molecular complexity index is 2670. The number of phenols is 2. The summed E-state index contributed by atoms with van der Waals surface area (Å²) < 4.78 is 0. The van der Waals surface area contributed by atoms with Gasteiger partial charge in [0.25, 0.3) is 0 Å². The zero-order chi connectivity index (χ0) is 62.6. The molecule has 4 rings (SSSR count). The lowest BCUT2D eigenvalue weighted by Crippen LogP contribution is -2.58. The van der Waals surface area contributed by atoms with Crippen molar-refractivity contribution in [2.45, 2.75) is 101 Å². The number of nitrogens with two attached hydrogens (primary N) is 2. The second-order valence-corrected chi connectivity index (χ2v) is 22.2. The number of amides is 10. The Balaban J connectivity index is 1.38. The molecule has 0 aliphatic carbocycles. The Labute approximate surface area is 503 Å². The average Bonchev–Trinajstić information content (AvgIpc) is 3.68. The predicted octanol–water partition coefficient (Wildman–Crippen LogP) is -0.415. The fourth-order valence-corrected chi connectivity index (χ4v) is 9.59. The van der Waals surface area contributed by atoms with Gasteiger partial charge in [0.15, 0.2) is 0 Å². The molecule has 26 heteroatoms. The third-order valence-electron chi connectivity index (χ3n) is 13.6. The monoisotopic (exact) mass is 1210 g/mol. The van der Waals surface area contributed by atoms with Gasteiger partial charge >= 0.3 is 0 Å². The zero-order valence-corrected chi connectivity index (χ0v) is 50.3. The summed E-state index contributed by atoms with van der Waals surface area (Å²) in [5.74, 6) is -5.63. The minimum absolute atomic E-state index is 0.0134. The van der Waals surface area contributed by atoms with Crippen molar-refractivity contribution in [3.8, 4) is 11.5 Å². The number of thioether (sulfide) groups is 2. The summed E-state index contributed by atoms with van der Waals surface area (Å²) in [6.45, 7) is 1.29. The maximum atomic E-state index is 14.4. The number of carbonyl (C=O) groups excluding carboxylic acids is 10. The topological polar surface area (TPSA) is 366 Å². The molecule has 85 heavy (non-hydrogen) atoms. The maximum Gasteiger partial charge on any atom is 0.245 e. The SMILES string of the molecule is CSCC[C@@H](C(=O)NCNC(=O)[C@H](CCSC)N(C)C(=O)[C@H](Cc1ccccc1)NC(=O)CNC(=O)[C@@H](C)NC(=O)[C@@H](N)Cc1ccc(O)cc1)N(C)C(=O)[C@H](Cc1ccccc1)NC(=O)CNC(=O)[C@@H](C)NC(=O)[C@@H](N)Cc1ccc(O)cc1. The number of carbonyl (C=O) groups is 10. The van der Waals surface area contributed by atoms with E-state index >= 15 is 0 Å². The van der Waals surface area contributed by atoms with Crippen molar-refractivity contribution in [3.05, 3.63) is 131 Å². The van der Waals surface area contributed by atoms with E-state index in [1.165, 1.54) is 85.5 Å². The number of hydrogen-bond donors (Lipinski definition) is 12. The number of likely N-dealkylation sites (N-methyl/N-ethyl adjacent to an activating group) is 2. The molecular weight excluding hydrogens is 1130 g/mol. The zero-order valence-electron chi connectivity index (χ0n) is 48.6. The summed E-state index contributed by atoms with van der Waals surface area (Å²) in [5, 5.41) is 39.9. The third kappa shape index (κ3) is 23.8. The van der Waals surface area contributed by atoms with Crippen LogP contribution in [0.3, 0.4) is 0 Å². The van der Waals surface area contributed by atoms with Gasteiger partial charge in [-0.25, -0.2) is 0 Å². The molecular formula is C59H80N12O12S2. The molecule has 0 unspecified atom stereocenters. The van der Waals surface area contributed by atoms with Crippen LogP contribution in [0.2, 0.25) is 0 Å². The molecule has 0 aliphatic rings. The van der Waals surface area contributed by atoms with Crippen LogP contribution in [0.15, 0.2) is 109 Å². The van der Waals surface area contributed by atoms with Gasteiger partial charge in [0.1, 0.15) is 47.8 Å². The molecule has 0 heterocycles. The molecule has 4 aromatic rings. The smallest absolute Gasteiger partial charge is 0.245 e. The minimum Gasteiger partial charge on any atom is -0.508 e. The molecule has 0 bridgehead atoms. The Morgan fingerprint density at radius 3 is 1.11 bits per heavy atom. The van der Waals surface area contributed by atoms with E-state index < -0.39 is 127 Å². The van der Waals surface area contributed by atoms with Gasteiger partial charge in [-0.15, -0.1) is 0 Å². The number of nitrogens with zero attached hydrogens (tertiary/aromatic N) is 2.